The van der Waals surface area contributed by atoms with Gasteiger partial charge in [0, 0.05) is 25.6 Å². The van der Waals surface area contributed by atoms with Crippen LogP contribution >= 0.6 is 0 Å². The maximum atomic E-state index is 9.30. The van der Waals surface area contributed by atoms with Crippen molar-refractivity contribution in [3.8, 4) is 0 Å². The third kappa shape index (κ3) is 4.69. The smallest absolute Gasteiger partial charge is 0.193 e. The van der Waals surface area contributed by atoms with E-state index in [0.29, 0.717) is 0 Å². The van der Waals surface area contributed by atoms with Gasteiger partial charge >= 0.3 is 0 Å². The molecule has 1 rings (SSSR count). The highest BCUT2D eigenvalue weighted by Gasteiger charge is 2.41. The van der Waals surface area contributed by atoms with Gasteiger partial charge in [-0.1, -0.05) is 6.08 Å². The van der Waals surface area contributed by atoms with Gasteiger partial charge in [0.1, 0.15) is 0 Å². The molecule has 0 aliphatic heterocycles. The molecule has 0 saturated heterocycles. The Bertz CT molecular complexity index is 285. The first-order valence-electron chi connectivity index (χ1n) is 6.88. The second-order valence-electron chi connectivity index (χ2n) is 5.18. The van der Waals surface area contributed by atoms with E-state index >= 15 is 0 Å². The van der Waals surface area contributed by atoms with Crippen LogP contribution in [0.5, 0.6) is 0 Å². The van der Waals surface area contributed by atoms with Crippen molar-refractivity contribution >= 4 is 5.96 Å². The number of allylic oxidation sites excluding steroid dienone is 1. The molecule has 0 amide bonds. The SMILES string of the molecule is C=CCCCN(C)C(=NCC1(CO)CC1)NCC. The van der Waals surface area contributed by atoms with E-state index in [9.17, 15) is 5.11 Å². The quantitative estimate of drug-likeness (QED) is 0.299. The van der Waals surface area contributed by atoms with Crippen LogP contribution in [0.2, 0.25) is 0 Å². The summed E-state index contributed by atoms with van der Waals surface area (Å²) in [7, 11) is 2.06. The number of rotatable bonds is 8. The zero-order valence-electron chi connectivity index (χ0n) is 11.8. The summed E-state index contributed by atoms with van der Waals surface area (Å²) in [6.07, 6.45) is 6.28. The third-order valence-electron chi connectivity index (χ3n) is 3.45. The van der Waals surface area contributed by atoms with Crippen molar-refractivity contribution in [2.45, 2.75) is 32.6 Å². The van der Waals surface area contributed by atoms with E-state index in [4.69, 9.17) is 0 Å². The lowest BCUT2D eigenvalue weighted by Crippen LogP contribution is -2.40. The van der Waals surface area contributed by atoms with Gasteiger partial charge in [-0.3, -0.25) is 4.99 Å². The minimum atomic E-state index is 0.0859. The predicted octanol–water partition coefficient (Wildman–Crippen LogP) is 1.62. The van der Waals surface area contributed by atoms with E-state index in [1.807, 2.05) is 6.08 Å². The van der Waals surface area contributed by atoms with Crippen LogP contribution in [0, 0.1) is 5.41 Å². The van der Waals surface area contributed by atoms with Gasteiger partial charge in [0.2, 0.25) is 0 Å². The summed E-state index contributed by atoms with van der Waals surface area (Å²) in [6, 6.07) is 0. The van der Waals surface area contributed by atoms with Gasteiger partial charge in [0.25, 0.3) is 0 Å². The summed E-state index contributed by atoms with van der Waals surface area (Å²) < 4.78 is 0. The molecule has 4 heteroatoms. The molecule has 0 aromatic carbocycles. The van der Waals surface area contributed by atoms with Crippen molar-refractivity contribution in [3.63, 3.8) is 0 Å². The summed E-state index contributed by atoms with van der Waals surface area (Å²) in [5.41, 5.74) is 0.0859. The molecule has 0 heterocycles. The van der Waals surface area contributed by atoms with E-state index in [2.05, 4.69) is 35.8 Å². The standard InChI is InChI=1S/C14H27N3O/c1-4-6-7-10-17(3)13(15-5-2)16-11-14(12-18)8-9-14/h4,18H,1,5-12H2,2-3H3,(H,15,16). The number of aliphatic imine (C=N–C) groups is 1. The van der Waals surface area contributed by atoms with Crippen LogP contribution in [0.3, 0.4) is 0 Å². The summed E-state index contributed by atoms with van der Waals surface area (Å²) >= 11 is 0. The normalized spacial score (nSPS) is 17.4. The highest BCUT2D eigenvalue weighted by molar-refractivity contribution is 5.79. The van der Waals surface area contributed by atoms with Crippen LogP contribution in [-0.2, 0) is 0 Å². The van der Waals surface area contributed by atoms with Crippen LogP contribution in [0.1, 0.15) is 32.6 Å². The van der Waals surface area contributed by atoms with Gasteiger partial charge in [0.15, 0.2) is 5.96 Å². The van der Waals surface area contributed by atoms with Crippen molar-refractivity contribution in [1.29, 1.82) is 0 Å². The number of hydrogen-bond donors (Lipinski definition) is 2. The summed E-state index contributed by atoms with van der Waals surface area (Å²) in [4.78, 5) is 6.80. The van der Waals surface area contributed by atoms with Crippen LogP contribution in [-0.4, -0.2) is 49.3 Å². The molecular weight excluding hydrogens is 226 g/mol. The minimum absolute atomic E-state index is 0.0859. The summed E-state index contributed by atoms with van der Waals surface area (Å²) in [5, 5.41) is 12.6. The first kappa shape index (κ1) is 15.0. The fourth-order valence-electron chi connectivity index (χ4n) is 1.83. The van der Waals surface area contributed by atoms with Crippen molar-refractivity contribution in [3.05, 3.63) is 12.7 Å². The summed E-state index contributed by atoms with van der Waals surface area (Å²) in [6.45, 7) is 8.65. The highest BCUT2D eigenvalue weighted by Crippen LogP contribution is 2.45. The lowest BCUT2D eigenvalue weighted by molar-refractivity contribution is 0.216. The van der Waals surface area contributed by atoms with Crippen molar-refractivity contribution in [2.75, 3.05) is 33.3 Å². The molecule has 0 unspecified atom stereocenters. The molecular formula is C14H27N3O. The topological polar surface area (TPSA) is 47.9 Å². The first-order chi connectivity index (χ1) is 8.67. The predicted molar refractivity (Wildman–Crippen MR) is 76.8 cm³/mol. The Kier molecular flexibility index (Phi) is 6.19. The number of aliphatic hydroxyl groups is 1. The Balaban J connectivity index is 2.46. The molecule has 1 saturated carbocycles. The molecule has 4 nitrogen and oxygen atoms in total. The van der Waals surface area contributed by atoms with Crippen LogP contribution in [0.25, 0.3) is 0 Å². The monoisotopic (exact) mass is 253 g/mol. The molecule has 104 valence electrons. The zero-order chi connectivity index (χ0) is 13.4. The first-order valence-corrected chi connectivity index (χ1v) is 6.88. The van der Waals surface area contributed by atoms with E-state index in [0.717, 1.165) is 51.3 Å². The zero-order valence-corrected chi connectivity index (χ0v) is 11.8. The van der Waals surface area contributed by atoms with Gasteiger partial charge < -0.3 is 15.3 Å². The minimum Gasteiger partial charge on any atom is -0.396 e. The average molecular weight is 253 g/mol. The second-order valence-corrected chi connectivity index (χ2v) is 5.18. The van der Waals surface area contributed by atoms with Gasteiger partial charge in [0.05, 0.1) is 13.2 Å². The van der Waals surface area contributed by atoms with Gasteiger partial charge in [-0.25, -0.2) is 0 Å². The van der Waals surface area contributed by atoms with Crippen LogP contribution in [0.15, 0.2) is 17.6 Å². The van der Waals surface area contributed by atoms with Crippen molar-refractivity contribution < 1.29 is 5.11 Å². The molecule has 0 spiro atoms. The van der Waals surface area contributed by atoms with Crippen LogP contribution < -0.4 is 5.32 Å². The Labute approximate surface area is 111 Å². The number of nitrogens with one attached hydrogen (secondary N) is 1. The fraction of sp³-hybridized carbons (Fsp3) is 0.786. The van der Waals surface area contributed by atoms with E-state index < -0.39 is 0 Å². The molecule has 1 aliphatic carbocycles. The fourth-order valence-corrected chi connectivity index (χ4v) is 1.83. The van der Waals surface area contributed by atoms with E-state index in [-0.39, 0.29) is 12.0 Å². The molecule has 0 atom stereocenters. The molecule has 1 fully saturated rings. The maximum Gasteiger partial charge on any atom is 0.193 e. The number of aliphatic hydroxyl groups excluding tert-OH is 1. The maximum absolute atomic E-state index is 9.30. The molecule has 0 bridgehead atoms. The Morgan fingerprint density at radius 2 is 2.28 bits per heavy atom. The number of unbranched alkanes of at least 4 members (excludes halogenated alkanes) is 1. The largest absolute Gasteiger partial charge is 0.396 e. The average Bonchev–Trinajstić information content (AvgIpc) is 3.15. The summed E-state index contributed by atoms with van der Waals surface area (Å²) in [5.74, 6) is 0.946. The van der Waals surface area contributed by atoms with Gasteiger partial charge in [-0.05, 0) is 32.6 Å². The van der Waals surface area contributed by atoms with E-state index in [1.54, 1.807) is 0 Å². The number of guanidine groups is 1. The van der Waals surface area contributed by atoms with Gasteiger partial charge in [-0.15, -0.1) is 6.58 Å². The van der Waals surface area contributed by atoms with Gasteiger partial charge in [-0.2, -0.15) is 0 Å². The molecule has 2 N–H and O–H groups in total. The lowest BCUT2D eigenvalue weighted by Gasteiger charge is -2.22. The highest BCUT2D eigenvalue weighted by atomic mass is 16.3. The van der Waals surface area contributed by atoms with E-state index in [1.165, 1.54) is 0 Å². The molecule has 0 aromatic rings. The number of nitrogens with zero attached hydrogens (tertiary/aromatic N) is 2. The van der Waals surface area contributed by atoms with Crippen LogP contribution in [0.4, 0.5) is 0 Å². The van der Waals surface area contributed by atoms with Crippen molar-refractivity contribution in [1.82, 2.24) is 10.2 Å². The molecule has 0 radical (unpaired) electrons. The molecule has 1 aliphatic rings. The molecule has 0 aromatic heterocycles. The third-order valence-corrected chi connectivity index (χ3v) is 3.45. The lowest BCUT2D eigenvalue weighted by atomic mass is 10.1. The Morgan fingerprint density at radius 1 is 1.56 bits per heavy atom. The second kappa shape index (κ2) is 7.41. The number of hydrogen-bond acceptors (Lipinski definition) is 2. The molecule has 18 heavy (non-hydrogen) atoms. The Hall–Kier alpha value is -1.03. The van der Waals surface area contributed by atoms with Crippen molar-refractivity contribution in [2.24, 2.45) is 10.4 Å². The Morgan fingerprint density at radius 3 is 2.78 bits per heavy atom.